The van der Waals surface area contributed by atoms with E-state index in [9.17, 15) is 8.42 Å². The van der Waals surface area contributed by atoms with Gasteiger partial charge in [0, 0.05) is 43.7 Å². The predicted molar refractivity (Wildman–Crippen MR) is 83.7 cm³/mol. The highest BCUT2D eigenvalue weighted by molar-refractivity contribution is 7.89. The van der Waals surface area contributed by atoms with E-state index in [1.165, 1.54) is 0 Å². The number of pyridine rings is 1. The first-order valence-electron chi connectivity index (χ1n) is 7.70. The van der Waals surface area contributed by atoms with Crippen molar-refractivity contribution in [2.24, 2.45) is 11.3 Å². The van der Waals surface area contributed by atoms with Gasteiger partial charge in [0.05, 0.1) is 24.7 Å². The van der Waals surface area contributed by atoms with Crippen LogP contribution in [0.25, 0.3) is 0 Å². The molecular formula is C15H23N3O3S. The van der Waals surface area contributed by atoms with Crippen molar-refractivity contribution in [2.75, 3.05) is 38.6 Å². The molecular weight excluding hydrogens is 302 g/mol. The van der Waals surface area contributed by atoms with Gasteiger partial charge in [-0.1, -0.05) is 6.07 Å². The lowest BCUT2D eigenvalue weighted by Crippen LogP contribution is -2.43. The van der Waals surface area contributed by atoms with Crippen LogP contribution in [0.1, 0.15) is 12.6 Å². The van der Waals surface area contributed by atoms with E-state index >= 15 is 0 Å². The highest BCUT2D eigenvalue weighted by atomic mass is 32.2. The van der Waals surface area contributed by atoms with Gasteiger partial charge in [-0.2, -0.15) is 0 Å². The number of nitrogens with one attached hydrogen (secondary N) is 1. The topological polar surface area (TPSA) is 71.5 Å². The van der Waals surface area contributed by atoms with E-state index in [0.29, 0.717) is 25.7 Å². The second-order valence-corrected chi connectivity index (χ2v) is 8.39. The van der Waals surface area contributed by atoms with Crippen LogP contribution in [0.5, 0.6) is 0 Å². The second kappa shape index (κ2) is 6.23. The van der Waals surface area contributed by atoms with Gasteiger partial charge in [-0.3, -0.25) is 9.88 Å². The van der Waals surface area contributed by atoms with E-state index in [-0.39, 0.29) is 11.2 Å². The number of likely N-dealkylation sites (tertiary alicyclic amines) is 1. The molecule has 1 aromatic heterocycles. The summed E-state index contributed by atoms with van der Waals surface area (Å²) in [5, 5.41) is 0. The van der Waals surface area contributed by atoms with E-state index in [1.807, 2.05) is 18.2 Å². The molecule has 3 rings (SSSR count). The van der Waals surface area contributed by atoms with Crippen molar-refractivity contribution in [3.05, 3.63) is 30.1 Å². The molecule has 2 fully saturated rings. The number of hydrogen-bond acceptors (Lipinski definition) is 5. The first-order chi connectivity index (χ1) is 10.5. The Balaban J connectivity index is 1.66. The monoisotopic (exact) mass is 325 g/mol. The zero-order valence-electron chi connectivity index (χ0n) is 12.9. The fourth-order valence-electron chi connectivity index (χ4n) is 3.39. The minimum atomic E-state index is -3.16. The van der Waals surface area contributed by atoms with E-state index in [2.05, 4.69) is 14.6 Å². The van der Waals surface area contributed by atoms with E-state index < -0.39 is 10.0 Å². The molecule has 0 radical (unpaired) electrons. The minimum absolute atomic E-state index is 0.100. The Labute approximate surface area is 131 Å². The summed E-state index contributed by atoms with van der Waals surface area (Å²) in [5.74, 6) is 0.502. The van der Waals surface area contributed by atoms with Crippen molar-refractivity contribution in [3.8, 4) is 0 Å². The van der Waals surface area contributed by atoms with E-state index in [1.54, 1.807) is 13.1 Å². The van der Waals surface area contributed by atoms with Crippen LogP contribution in [-0.4, -0.2) is 56.9 Å². The summed E-state index contributed by atoms with van der Waals surface area (Å²) in [6, 6.07) is 5.93. The lowest BCUT2D eigenvalue weighted by Gasteiger charge is -2.27. The van der Waals surface area contributed by atoms with Gasteiger partial charge in [0.1, 0.15) is 0 Å². The largest absolute Gasteiger partial charge is 0.380 e. The molecule has 22 heavy (non-hydrogen) atoms. The first-order valence-corrected chi connectivity index (χ1v) is 9.35. The van der Waals surface area contributed by atoms with Crippen molar-refractivity contribution in [1.29, 1.82) is 0 Å². The molecule has 2 saturated heterocycles. The van der Waals surface area contributed by atoms with E-state index in [0.717, 1.165) is 25.3 Å². The van der Waals surface area contributed by atoms with Crippen molar-refractivity contribution >= 4 is 10.0 Å². The molecule has 1 N–H and O–H groups in total. The average molecular weight is 325 g/mol. The molecule has 0 amide bonds. The highest BCUT2D eigenvalue weighted by Crippen LogP contribution is 2.41. The Morgan fingerprint density at radius 1 is 1.50 bits per heavy atom. The van der Waals surface area contributed by atoms with Gasteiger partial charge in [0.2, 0.25) is 10.0 Å². The fraction of sp³-hybridized carbons (Fsp3) is 0.667. The summed E-state index contributed by atoms with van der Waals surface area (Å²) in [6.45, 7) is 6.05. The number of sulfonamides is 1. The van der Waals surface area contributed by atoms with Gasteiger partial charge in [0.15, 0.2) is 0 Å². The van der Waals surface area contributed by atoms with Crippen LogP contribution in [0.2, 0.25) is 0 Å². The van der Waals surface area contributed by atoms with Crippen molar-refractivity contribution in [2.45, 2.75) is 13.5 Å². The fourth-order valence-corrected chi connectivity index (χ4v) is 4.10. The molecule has 1 aromatic rings. The van der Waals surface area contributed by atoms with Crippen LogP contribution in [0.15, 0.2) is 24.4 Å². The summed E-state index contributed by atoms with van der Waals surface area (Å²) in [4.78, 5) is 6.73. The van der Waals surface area contributed by atoms with Crippen LogP contribution in [0.4, 0.5) is 0 Å². The van der Waals surface area contributed by atoms with Crippen molar-refractivity contribution < 1.29 is 13.2 Å². The highest BCUT2D eigenvalue weighted by Gasteiger charge is 2.50. The van der Waals surface area contributed by atoms with E-state index in [4.69, 9.17) is 4.74 Å². The zero-order valence-corrected chi connectivity index (χ0v) is 13.7. The lowest BCUT2D eigenvalue weighted by molar-refractivity contribution is 0.128. The number of rotatable bonds is 6. The molecule has 0 spiro atoms. The molecule has 2 aliphatic heterocycles. The standard InChI is InChI=1S/C15H23N3O3S/c1-2-22(19,20)17-10-15-11-18(7-13(15)9-21-12-15)8-14-5-3-4-6-16-14/h3-6,13,17H,2,7-12H2,1H3/t13-,15+/m0/s1. The van der Waals surface area contributed by atoms with Gasteiger partial charge in [0.25, 0.3) is 0 Å². The molecule has 0 aliphatic carbocycles. The molecule has 7 heteroatoms. The molecule has 2 aliphatic rings. The Kier molecular flexibility index (Phi) is 4.49. The lowest BCUT2D eigenvalue weighted by atomic mass is 9.81. The van der Waals surface area contributed by atoms with Crippen molar-refractivity contribution in [3.63, 3.8) is 0 Å². The van der Waals surface area contributed by atoms with Crippen LogP contribution >= 0.6 is 0 Å². The van der Waals surface area contributed by atoms with Crippen LogP contribution in [0, 0.1) is 11.3 Å². The number of fused-ring (bicyclic) bond motifs is 1. The molecule has 3 heterocycles. The molecule has 0 unspecified atom stereocenters. The average Bonchev–Trinajstić information content (AvgIpc) is 3.03. The zero-order chi connectivity index (χ0) is 15.6. The minimum Gasteiger partial charge on any atom is -0.380 e. The van der Waals surface area contributed by atoms with Gasteiger partial charge in [-0.05, 0) is 19.1 Å². The Bertz CT molecular complexity index is 608. The molecule has 0 bridgehead atoms. The van der Waals surface area contributed by atoms with Crippen LogP contribution < -0.4 is 4.72 Å². The third-order valence-corrected chi connectivity index (χ3v) is 6.07. The number of aromatic nitrogens is 1. The van der Waals surface area contributed by atoms with Gasteiger partial charge in [-0.25, -0.2) is 13.1 Å². The molecule has 2 atom stereocenters. The summed E-state index contributed by atoms with van der Waals surface area (Å²) < 4.78 is 31.9. The van der Waals surface area contributed by atoms with Crippen LogP contribution in [-0.2, 0) is 21.3 Å². The molecule has 0 saturated carbocycles. The number of nitrogens with zero attached hydrogens (tertiary/aromatic N) is 2. The maximum absolute atomic E-state index is 11.7. The summed E-state index contributed by atoms with van der Waals surface area (Å²) in [5.41, 5.74) is 0.949. The van der Waals surface area contributed by atoms with Gasteiger partial charge < -0.3 is 4.74 Å². The Morgan fingerprint density at radius 2 is 2.36 bits per heavy atom. The summed E-state index contributed by atoms with van der Waals surface area (Å²) in [7, 11) is -3.16. The quantitative estimate of drug-likeness (QED) is 0.823. The third kappa shape index (κ3) is 3.32. The normalized spacial score (nSPS) is 28.9. The van der Waals surface area contributed by atoms with Gasteiger partial charge >= 0.3 is 0 Å². The number of hydrogen-bond donors (Lipinski definition) is 1. The van der Waals surface area contributed by atoms with Gasteiger partial charge in [-0.15, -0.1) is 0 Å². The number of ether oxygens (including phenoxy) is 1. The SMILES string of the molecule is CCS(=O)(=O)NC[C@@]12COC[C@@H]1CN(Cc1ccccn1)C2. The summed E-state index contributed by atoms with van der Waals surface area (Å²) in [6.07, 6.45) is 1.81. The molecule has 0 aromatic carbocycles. The second-order valence-electron chi connectivity index (χ2n) is 6.29. The maximum atomic E-state index is 11.7. The maximum Gasteiger partial charge on any atom is 0.211 e. The predicted octanol–water partition coefficient (Wildman–Crippen LogP) is 0.469. The Morgan fingerprint density at radius 3 is 3.09 bits per heavy atom. The molecule has 6 nitrogen and oxygen atoms in total. The smallest absolute Gasteiger partial charge is 0.211 e. The third-order valence-electron chi connectivity index (χ3n) is 4.73. The summed E-state index contributed by atoms with van der Waals surface area (Å²) >= 11 is 0. The Hall–Kier alpha value is -1.02. The molecule has 122 valence electrons. The van der Waals surface area contributed by atoms with Crippen LogP contribution in [0.3, 0.4) is 0 Å². The van der Waals surface area contributed by atoms with Crippen molar-refractivity contribution in [1.82, 2.24) is 14.6 Å². The first kappa shape index (κ1) is 15.9.